The van der Waals surface area contributed by atoms with Crippen molar-refractivity contribution in [2.75, 3.05) is 11.2 Å². The highest BCUT2D eigenvalue weighted by Crippen LogP contribution is 2.34. The molecule has 0 aliphatic rings. The van der Waals surface area contributed by atoms with Gasteiger partial charge in [0.2, 0.25) is 0 Å². The summed E-state index contributed by atoms with van der Waals surface area (Å²) in [5.74, 6) is 0. The van der Waals surface area contributed by atoms with Gasteiger partial charge >= 0.3 is 6.18 Å². The second-order valence-corrected chi connectivity index (χ2v) is 4.92. The Morgan fingerprint density at radius 3 is 2.54 bits per heavy atom. The van der Waals surface area contributed by atoms with Crippen molar-refractivity contribution < 1.29 is 18.1 Å². The Morgan fingerprint density at radius 2 is 1.96 bits per heavy atom. The normalized spacial score (nSPS) is 12.1. The number of benzene rings is 2. The standard InChI is InChI=1S/C15H13F3N4O2/c1-9(10-3-2-4-12(19)7-10)20-21-13-6-5-11(15(16,17)18)8-14(13)22(23)24/h2-8,21H,19H2,1H3. The number of nitrogens with one attached hydrogen (secondary N) is 1. The van der Waals surface area contributed by atoms with E-state index in [4.69, 9.17) is 5.73 Å². The van der Waals surface area contributed by atoms with Crippen molar-refractivity contribution in [3.8, 4) is 0 Å². The highest BCUT2D eigenvalue weighted by molar-refractivity contribution is 5.99. The molecule has 0 unspecified atom stereocenters. The molecule has 2 rings (SSSR count). The fourth-order valence-corrected chi connectivity index (χ4v) is 1.93. The summed E-state index contributed by atoms with van der Waals surface area (Å²) in [6.45, 7) is 1.64. The van der Waals surface area contributed by atoms with Crippen LogP contribution in [0.4, 0.5) is 30.2 Å². The number of hydrogen-bond donors (Lipinski definition) is 2. The van der Waals surface area contributed by atoms with Crippen LogP contribution in [0.1, 0.15) is 18.1 Å². The van der Waals surface area contributed by atoms with E-state index in [-0.39, 0.29) is 5.69 Å². The van der Waals surface area contributed by atoms with Gasteiger partial charge in [-0.2, -0.15) is 18.3 Å². The van der Waals surface area contributed by atoms with Crippen LogP contribution in [-0.2, 0) is 6.18 Å². The van der Waals surface area contributed by atoms with Gasteiger partial charge in [-0.15, -0.1) is 0 Å². The summed E-state index contributed by atoms with van der Waals surface area (Å²) >= 11 is 0. The molecule has 0 aliphatic carbocycles. The first-order chi connectivity index (χ1) is 11.2. The SMILES string of the molecule is CC(=NNc1ccc(C(F)(F)F)cc1[N+](=O)[O-])c1cccc(N)c1. The minimum atomic E-state index is -4.66. The zero-order chi connectivity index (χ0) is 17.9. The lowest BCUT2D eigenvalue weighted by Gasteiger charge is -2.09. The van der Waals surface area contributed by atoms with Gasteiger partial charge < -0.3 is 5.73 Å². The molecule has 3 N–H and O–H groups in total. The average molecular weight is 338 g/mol. The van der Waals surface area contributed by atoms with Gasteiger partial charge in [-0.3, -0.25) is 15.5 Å². The van der Waals surface area contributed by atoms with Gasteiger partial charge in [-0.05, 0) is 36.8 Å². The quantitative estimate of drug-likeness (QED) is 0.381. The maximum Gasteiger partial charge on any atom is 0.416 e. The van der Waals surface area contributed by atoms with Crippen molar-refractivity contribution in [1.82, 2.24) is 0 Å². The van der Waals surface area contributed by atoms with Gasteiger partial charge in [0, 0.05) is 11.8 Å². The van der Waals surface area contributed by atoms with Crippen LogP contribution in [0.15, 0.2) is 47.6 Å². The summed E-state index contributed by atoms with van der Waals surface area (Å²) in [5, 5.41) is 15.0. The summed E-state index contributed by atoms with van der Waals surface area (Å²) in [4.78, 5) is 10.1. The van der Waals surface area contributed by atoms with Crippen molar-refractivity contribution in [3.05, 3.63) is 63.7 Å². The molecule has 0 amide bonds. The fraction of sp³-hybridized carbons (Fsp3) is 0.133. The molecule has 126 valence electrons. The molecule has 0 fully saturated rings. The summed E-state index contributed by atoms with van der Waals surface area (Å²) in [6, 6.07) is 8.97. The molecule has 0 atom stereocenters. The van der Waals surface area contributed by atoms with Crippen LogP contribution in [0.3, 0.4) is 0 Å². The second kappa shape index (κ2) is 6.57. The first-order valence-electron chi connectivity index (χ1n) is 6.70. The Morgan fingerprint density at radius 1 is 1.25 bits per heavy atom. The molecule has 9 heteroatoms. The van der Waals surface area contributed by atoms with E-state index in [0.29, 0.717) is 23.0 Å². The molecule has 0 radical (unpaired) electrons. The number of nitro groups is 1. The number of hydrogen-bond acceptors (Lipinski definition) is 5. The van der Waals surface area contributed by atoms with Crippen molar-refractivity contribution in [2.24, 2.45) is 5.10 Å². The van der Waals surface area contributed by atoms with Crippen LogP contribution in [0.5, 0.6) is 0 Å². The van der Waals surface area contributed by atoms with Crippen LogP contribution < -0.4 is 11.2 Å². The number of anilines is 2. The zero-order valence-corrected chi connectivity index (χ0v) is 12.5. The summed E-state index contributed by atoms with van der Waals surface area (Å²) in [7, 11) is 0. The monoisotopic (exact) mass is 338 g/mol. The van der Waals surface area contributed by atoms with E-state index in [1.54, 1.807) is 31.2 Å². The van der Waals surface area contributed by atoms with E-state index in [2.05, 4.69) is 10.5 Å². The Balaban J connectivity index is 2.32. The summed E-state index contributed by atoms with van der Waals surface area (Å²) in [5.41, 5.74) is 7.79. The molecule has 6 nitrogen and oxygen atoms in total. The summed E-state index contributed by atoms with van der Waals surface area (Å²) in [6.07, 6.45) is -4.66. The van der Waals surface area contributed by atoms with Crippen molar-refractivity contribution in [3.63, 3.8) is 0 Å². The molecule has 2 aromatic carbocycles. The number of alkyl halides is 3. The molecule has 2 aromatic rings. The first-order valence-corrected chi connectivity index (χ1v) is 6.70. The van der Waals surface area contributed by atoms with Gasteiger partial charge in [0.05, 0.1) is 16.2 Å². The second-order valence-electron chi connectivity index (χ2n) is 4.92. The summed E-state index contributed by atoms with van der Waals surface area (Å²) < 4.78 is 38.0. The molecule has 0 heterocycles. The molecule has 24 heavy (non-hydrogen) atoms. The van der Waals surface area contributed by atoms with Crippen LogP contribution in [-0.4, -0.2) is 10.6 Å². The largest absolute Gasteiger partial charge is 0.416 e. The number of hydrazone groups is 1. The van der Waals surface area contributed by atoms with E-state index >= 15 is 0 Å². The maximum absolute atomic E-state index is 12.7. The lowest BCUT2D eigenvalue weighted by molar-refractivity contribution is -0.384. The number of nitrogens with two attached hydrogens (primary N) is 1. The van der Waals surface area contributed by atoms with E-state index < -0.39 is 22.4 Å². The molecule has 0 saturated carbocycles. The van der Waals surface area contributed by atoms with Crippen molar-refractivity contribution in [2.45, 2.75) is 13.1 Å². The van der Waals surface area contributed by atoms with Gasteiger partial charge in [0.25, 0.3) is 5.69 Å². The third-order valence-electron chi connectivity index (χ3n) is 3.17. The van der Waals surface area contributed by atoms with E-state index in [1.807, 2.05) is 0 Å². The first kappa shape index (κ1) is 17.3. The Hall–Kier alpha value is -3.10. The van der Waals surface area contributed by atoms with Gasteiger partial charge in [-0.1, -0.05) is 12.1 Å². The van der Waals surface area contributed by atoms with E-state index in [9.17, 15) is 23.3 Å². The topological polar surface area (TPSA) is 93.5 Å². The smallest absolute Gasteiger partial charge is 0.399 e. The van der Waals surface area contributed by atoms with E-state index in [0.717, 1.165) is 12.1 Å². The minimum Gasteiger partial charge on any atom is -0.399 e. The molecule has 0 aliphatic heterocycles. The fourth-order valence-electron chi connectivity index (χ4n) is 1.93. The molecular weight excluding hydrogens is 325 g/mol. The number of nitrogen functional groups attached to an aromatic ring is 1. The number of rotatable bonds is 4. The third kappa shape index (κ3) is 4.00. The third-order valence-corrected chi connectivity index (χ3v) is 3.17. The van der Waals surface area contributed by atoms with Crippen molar-refractivity contribution >= 4 is 22.8 Å². The Kier molecular flexibility index (Phi) is 4.72. The molecule has 0 aromatic heterocycles. The minimum absolute atomic E-state index is 0.142. The highest BCUT2D eigenvalue weighted by Gasteiger charge is 2.33. The number of nitrogens with zero attached hydrogens (tertiary/aromatic N) is 2. The lowest BCUT2D eigenvalue weighted by Crippen LogP contribution is -2.07. The van der Waals surface area contributed by atoms with Gasteiger partial charge in [0.1, 0.15) is 5.69 Å². The maximum atomic E-state index is 12.7. The molecule has 0 bridgehead atoms. The zero-order valence-electron chi connectivity index (χ0n) is 12.5. The Labute approximate surface area is 134 Å². The molecular formula is C15H13F3N4O2. The predicted molar refractivity (Wildman–Crippen MR) is 84.8 cm³/mol. The molecule has 0 saturated heterocycles. The van der Waals surface area contributed by atoms with Crippen LogP contribution in [0, 0.1) is 10.1 Å². The highest BCUT2D eigenvalue weighted by atomic mass is 19.4. The van der Waals surface area contributed by atoms with Crippen LogP contribution in [0.25, 0.3) is 0 Å². The average Bonchev–Trinajstić information content (AvgIpc) is 2.51. The number of nitro benzene ring substituents is 1. The van der Waals surface area contributed by atoms with Crippen LogP contribution in [0.2, 0.25) is 0 Å². The van der Waals surface area contributed by atoms with Crippen LogP contribution >= 0.6 is 0 Å². The Bertz CT molecular complexity index is 804. The molecule has 0 spiro atoms. The predicted octanol–water partition coefficient (Wildman–Crippen LogP) is 4.03. The van der Waals surface area contributed by atoms with E-state index in [1.165, 1.54) is 0 Å². The van der Waals surface area contributed by atoms with Gasteiger partial charge in [0.15, 0.2) is 0 Å². The lowest BCUT2D eigenvalue weighted by atomic mass is 10.1. The van der Waals surface area contributed by atoms with Gasteiger partial charge in [-0.25, -0.2) is 0 Å². The number of halogens is 3. The van der Waals surface area contributed by atoms with Crippen molar-refractivity contribution in [1.29, 1.82) is 0 Å².